The molecule has 0 radical (unpaired) electrons. The third-order valence-electron chi connectivity index (χ3n) is 9.78. The maximum atomic E-state index is 13.2. The third-order valence-corrected chi connectivity index (χ3v) is 9.78. The summed E-state index contributed by atoms with van der Waals surface area (Å²) in [6.07, 6.45) is 9.53. The van der Waals surface area contributed by atoms with Crippen LogP contribution >= 0.6 is 0 Å². The van der Waals surface area contributed by atoms with E-state index in [0.717, 1.165) is 126 Å². The number of ether oxygens (including phenoxy) is 1. The monoisotopic (exact) mass is 583 g/mol. The SMILES string of the molecule is O=C(NCCN1CCOCC1)c1ccc2c(c1)N(Cc1cccnc1)CC21CCN(c2nc3c(c(=O)[nH]2)CCCC3)CC1. The highest BCUT2D eigenvalue weighted by atomic mass is 16.5. The van der Waals surface area contributed by atoms with E-state index in [1.807, 2.05) is 18.3 Å². The average Bonchev–Trinajstić information content (AvgIpc) is 3.33. The summed E-state index contributed by atoms with van der Waals surface area (Å²) in [7, 11) is 0. The summed E-state index contributed by atoms with van der Waals surface area (Å²) in [5.74, 6) is 0.686. The number of carbonyl (C=O) groups excluding carboxylic acids is 1. The van der Waals surface area contributed by atoms with Gasteiger partial charge in [-0.15, -0.1) is 0 Å². The van der Waals surface area contributed by atoms with E-state index < -0.39 is 0 Å². The van der Waals surface area contributed by atoms with Gasteiger partial charge >= 0.3 is 0 Å². The second kappa shape index (κ2) is 12.1. The van der Waals surface area contributed by atoms with Crippen LogP contribution in [0.1, 0.15) is 58.4 Å². The van der Waals surface area contributed by atoms with Gasteiger partial charge in [0.1, 0.15) is 0 Å². The first-order valence-corrected chi connectivity index (χ1v) is 15.8. The van der Waals surface area contributed by atoms with Crippen LogP contribution in [0.4, 0.5) is 11.6 Å². The second-order valence-corrected chi connectivity index (χ2v) is 12.4. The Balaban J connectivity index is 1.09. The first kappa shape index (κ1) is 28.0. The van der Waals surface area contributed by atoms with E-state index in [1.165, 1.54) is 5.56 Å². The summed E-state index contributed by atoms with van der Waals surface area (Å²) in [6, 6.07) is 10.3. The number of anilines is 2. The standard InChI is InChI=1S/C33H41N7O3/c41-30(35-12-15-38-16-18-43-19-17-38)25-7-8-27-29(20-25)40(22-24-4-3-11-34-21-24)23-33(27)9-13-39(14-10-33)32-36-28-6-2-1-5-26(28)31(42)37-32/h3-4,7-8,11,20-21H,1-2,5-6,9-10,12-19,22-23H2,(H,35,41)(H,36,37,42). The minimum Gasteiger partial charge on any atom is -0.379 e. The molecule has 226 valence electrons. The lowest BCUT2D eigenvalue weighted by atomic mass is 9.74. The molecule has 10 nitrogen and oxygen atoms in total. The Morgan fingerprint density at radius 2 is 1.91 bits per heavy atom. The normalized spacial score (nSPS) is 19.7. The van der Waals surface area contributed by atoms with E-state index in [1.54, 1.807) is 6.20 Å². The van der Waals surface area contributed by atoms with Gasteiger partial charge in [0.05, 0.1) is 18.9 Å². The van der Waals surface area contributed by atoms with Gasteiger partial charge in [-0.1, -0.05) is 12.1 Å². The molecule has 2 aromatic heterocycles. The summed E-state index contributed by atoms with van der Waals surface area (Å²) in [4.78, 5) is 45.4. The molecule has 43 heavy (non-hydrogen) atoms. The Morgan fingerprint density at radius 3 is 2.72 bits per heavy atom. The van der Waals surface area contributed by atoms with Crippen molar-refractivity contribution in [2.75, 3.05) is 68.8 Å². The first-order chi connectivity index (χ1) is 21.1. The van der Waals surface area contributed by atoms with Crippen LogP contribution in [0.5, 0.6) is 0 Å². The predicted octanol–water partition coefficient (Wildman–Crippen LogP) is 2.66. The van der Waals surface area contributed by atoms with Crippen molar-refractivity contribution >= 4 is 17.5 Å². The van der Waals surface area contributed by atoms with Gasteiger partial charge in [-0.2, -0.15) is 0 Å². The highest BCUT2D eigenvalue weighted by Crippen LogP contribution is 2.48. The van der Waals surface area contributed by atoms with Crippen molar-refractivity contribution in [1.29, 1.82) is 0 Å². The summed E-state index contributed by atoms with van der Waals surface area (Å²) in [5, 5.41) is 3.13. The Morgan fingerprint density at radius 1 is 1.07 bits per heavy atom. The molecule has 0 atom stereocenters. The maximum absolute atomic E-state index is 13.2. The van der Waals surface area contributed by atoms with Gasteiger partial charge in [0.25, 0.3) is 11.5 Å². The number of aromatic amines is 1. The van der Waals surface area contributed by atoms with Crippen LogP contribution in [0.15, 0.2) is 47.5 Å². The van der Waals surface area contributed by atoms with Crippen LogP contribution in [-0.2, 0) is 29.5 Å². The van der Waals surface area contributed by atoms with E-state index in [4.69, 9.17) is 9.72 Å². The lowest BCUT2D eigenvalue weighted by Crippen LogP contribution is -2.46. The quantitative estimate of drug-likeness (QED) is 0.438. The van der Waals surface area contributed by atoms with E-state index in [9.17, 15) is 9.59 Å². The zero-order valence-corrected chi connectivity index (χ0v) is 24.8. The first-order valence-electron chi connectivity index (χ1n) is 15.8. The lowest BCUT2D eigenvalue weighted by molar-refractivity contribution is 0.0383. The highest BCUT2D eigenvalue weighted by Gasteiger charge is 2.45. The molecule has 3 aromatic rings. The number of hydrogen-bond donors (Lipinski definition) is 2. The predicted molar refractivity (Wildman–Crippen MR) is 166 cm³/mol. The zero-order valence-electron chi connectivity index (χ0n) is 24.8. The molecule has 2 N–H and O–H groups in total. The fourth-order valence-corrected chi connectivity index (χ4v) is 7.34. The molecule has 5 heterocycles. The molecule has 2 fully saturated rings. The van der Waals surface area contributed by atoms with Crippen LogP contribution in [0.2, 0.25) is 0 Å². The highest BCUT2D eigenvalue weighted by molar-refractivity contribution is 5.95. The van der Waals surface area contributed by atoms with Gasteiger partial charge in [0, 0.05) is 87.0 Å². The van der Waals surface area contributed by atoms with E-state index >= 15 is 0 Å². The van der Waals surface area contributed by atoms with Crippen molar-refractivity contribution in [3.63, 3.8) is 0 Å². The molecule has 10 heteroatoms. The number of fused-ring (bicyclic) bond motifs is 3. The number of nitrogens with one attached hydrogen (secondary N) is 2. The van der Waals surface area contributed by atoms with Crippen LogP contribution in [0, 0.1) is 0 Å². The molecular weight excluding hydrogens is 542 g/mol. The van der Waals surface area contributed by atoms with Crippen molar-refractivity contribution in [2.24, 2.45) is 0 Å². The zero-order chi connectivity index (χ0) is 29.2. The number of piperidine rings is 1. The van der Waals surface area contributed by atoms with Gasteiger partial charge in [0.15, 0.2) is 0 Å². The van der Waals surface area contributed by atoms with Crippen molar-refractivity contribution < 1.29 is 9.53 Å². The smallest absolute Gasteiger partial charge is 0.255 e. The molecule has 0 saturated carbocycles. The number of hydrogen-bond acceptors (Lipinski definition) is 8. The third kappa shape index (κ3) is 5.78. The van der Waals surface area contributed by atoms with E-state index in [2.05, 4.69) is 48.2 Å². The number of rotatable bonds is 7. The van der Waals surface area contributed by atoms with Gasteiger partial charge in [-0.3, -0.25) is 24.5 Å². The number of carbonyl (C=O) groups is 1. The Labute approximate surface area is 252 Å². The number of amides is 1. The summed E-state index contributed by atoms with van der Waals surface area (Å²) in [6.45, 7) is 8.07. The number of nitrogens with zero attached hydrogens (tertiary/aromatic N) is 5. The second-order valence-electron chi connectivity index (χ2n) is 12.4. The van der Waals surface area contributed by atoms with Crippen molar-refractivity contribution in [3.05, 3.63) is 81.0 Å². The topological polar surface area (TPSA) is 107 Å². The Bertz CT molecular complexity index is 1510. The number of pyridine rings is 1. The van der Waals surface area contributed by atoms with Gasteiger partial charge in [-0.25, -0.2) is 4.98 Å². The van der Waals surface area contributed by atoms with Crippen LogP contribution < -0.4 is 20.7 Å². The molecule has 7 rings (SSSR count). The fraction of sp³-hybridized carbons (Fsp3) is 0.515. The Kier molecular flexibility index (Phi) is 7.88. The molecular formula is C33H41N7O3. The van der Waals surface area contributed by atoms with Crippen LogP contribution in [0.25, 0.3) is 0 Å². The molecule has 1 amide bonds. The Hall–Kier alpha value is -3.76. The summed E-state index contributed by atoms with van der Waals surface area (Å²) in [5.41, 5.74) is 6.17. The van der Waals surface area contributed by atoms with Crippen LogP contribution in [-0.4, -0.2) is 84.8 Å². The number of H-pyrrole nitrogens is 1. The van der Waals surface area contributed by atoms with E-state index in [-0.39, 0.29) is 16.9 Å². The average molecular weight is 584 g/mol. The molecule has 0 bridgehead atoms. The fourth-order valence-electron chi connectivity index (χ4n) is 7.34. The molecule has 4 aliphatic rings. The number of benzene rings is 1. The van der Waals surface area contributed by atoms with E-state index in [0.29, 0.717) is 12.1 Å². The van der Waals surface area contributed by atoms with Crippen molar-refractivity contribution in [2.45, 2.75) is 50.5 Å². The molecule has 1 spiro atoms. The number of aryl methyl sites for hydroxylation is 1. The largest absolute Gasteiger partial charge is 0.379 e. The van der Waals surface area contributed by atoms with Crippen LogP contribution in [0.3, 0.4) is 0 Å². The van der Waals surface area contributed by atoms with Gasteiger partial charge in [-0.05, 0) is 67.9 Å². The lowest BCUT2D eigenvalue weighted by Gasteiger charge is -2.40. The van der Waals surface area contributed by atoms with Crippen molar-refractivity contribution in [1.82, 2.24) is 25.2 Å². The molecule has 2 saturated heterocycles. The molecule has 1 aliphatic carbocycles. The summed E-state index contributed by atoms with van der Waals surface area (Å²) >= 11 is 0. The maximum Gasteiger partial charge on any atom is 0.255 e. The minimum absolute atomic E-state index is 0.0200. The van der Waals surface area contributed by atoms with Gasteiger partial charge < -0.3 is 19.9 Å². The molecule has 0 unspecified atom stereocenters. The number of morpholine rings is 1. The van der Waals surface area contributed by atoms with Crippen molar-refractivity contribution in [3.8, 4) is 0 Å². The summed E-state index contributed by atoms with van der Waals surface area (Å²) < 4.78 is 5.43. The number of aromatic nitrogens is 3. The molecule has 3 aliphatic heterocycles. The van der Waals surface area contributed by atoms with Gasteiger partial charge in [0.2, 0.25) is 5.95 Å². The minimum atomic E-state index is -0.0319. The molecule has 1 aromatic carbocycles.